The number of rotatable bonds is 5. The fraction of sp³-hybridized carbons (Fsp3) is 0.250. The molecule has 0 saturated carbocycles. The van der Waals surface area contributed by atoms with Crippen LogP contribution in [0.1, 0.15) is 18.9 Å². The van der Waals surface area contributed by atoms with Gasteiger partial charge in [-0.25, -0.2) is 8.78 Å². The average molecular weight is 276 g/mol. The Morgan fingerprint density at radius 1 is 1.10 bits per heavy atom. The minimum absolute atomic E-state index is 0.369. The largest absolute Gasteiger partial charge is 0.397 e. The molecule has 0 amide bonds. The maximum atomic E-state index is 13.8. The summed E-state index contributed by atoms with van der Waals surface area (Å²) in [5.41, 5.74) is 7.96. The first-order valence-corrected chi connectivity index (χ1v) is 6.65. The molecule has 0 aliphatic heterocycles. The van der Waals surface area contributed by atoms with Gasteiger partial charge in [0.2, 0.25) is 0 Å². The number of para-hydroxylation sites is 2. The SMILES string of the molecule is CCCN(Cc1ccc(F)cc1F)c1ccccc1N. The second-order valence-corrected chi connectivity index (χ2v) is 4.72. The Morgan fingerprint density at radius 3 is 2.50 bits per heavy atom. The van der Waals surface area contributed by atoms with Crippen LogP contribution in [0.25, 0.3) is 0 Å². The summed E-state index contributed by atoms with van der Waals surface area (Å²) in [5.74, 6) is -1.09. The molecule has 106 valence electrons. The van der Waals surface area contributed by atoms with E-state index in [-0.39, 0.29) is 0 Å². The lowest BCUT2D eigenvalue weighted by Gasteiger charge is -2.26. The van der Waals surface area contributed by atoms with Gasteiger partial charge in [-0.05, 0) is 24.6 Å². The first kappa shape index (κ1) is 14.3. The Kier molecular flexibility index (Phi) is 4.56. The minimum atomic E-state index is -0.562. The minimum Gasteiger partial charge on any atom is -0.397 e. The third kappa shape index (κ3) is 3.26. The summed E-state index contributed by atoms with van der Waals surface area (Å²) < 4.78 is 26.7. The summed E-state index contributed by atoms with van der Waals surface area (Å²) in [6.07, 6.45) is 0.914. The lowest BCUT2D eigenvalue weighted by molar-refractivity contribution is 0.568. The van der Waals surface area contributed by atoms with Crippen molar-refractivity contribution in [2.24, 2.45) is 0 Å². The number of benzene rings is 2. The van der Waals surface area contributed by atoms with Crippen LogP contribution in [0.3, 0.4) is 0 Å². The van der Waals surface area contributed by atoms with Gasteiger partial charge in [0.25, 0.3) is 0 Å². The molecule has 0 aromatic heterocycles. The second-order valence-electron chi connectivity index (χ2n) is 4.72. The van der Waals surface area contributed by atoms with E-state index >= 15 is 0 Å². The Labute approximate surface area is 117 Å². The van der Waals surface area contributed by atoms with Crippen LogP contribution >= 0.6 is 0 Å². The molecule has 4 heteroatoms. The number of nitrogens with zero attached hydrogens (tertiary/aromatic N) is 1. The molecule has 0 bridgehead atoms. The van der Waals surface area contributed by atoms with Crippen molar-refractivity contribution in [2.75, 3.05) is 17.2 Å². The summed E-state index contributed by atoms with van der Waals surface area (Å²) in [5, 5.41) is 0. The number of halogens is 2. The molecule has 2 nitrogen and oxygen atoms in total. The monoisotopic (exact) mass is 276 g/mol. The predicted octanol–water partition coefficient (Wildman–Crippen LogP) is 3.96. The highest BCUT2D eigenvalue weighted by molar-refractivity contribution is 5.67. The molecule has 0 fully saturated rings. The first-order chi connectivity index (χ1) is 9.61. The Hall–Kier alpha value is -2.10. The van der Waals surface area contributed by atoms with E-state index in [1.54, 1.807) is 0 Å². The summed E-state index contributed by atoms with van der Waals surface area (Å²) in [7, 11) is 0. The molecular weight excluding hydrogens is 258 g/mol. The second kappa shape index (κ2) is 6.37. The van der Waals surface area contributed by atoms with E-state index < -0.39 is 11.6 Å². The van der Waals surface area contributed by atoms with Crippen molar-refractivity contribution in [1.29, 1.82) is 0 Å². The maximum absolute atomic E-state index is 13.8. The van der Waals surface area contributed by atoms with Gasteiger partial charge < -0.3 is 10.6 Å². The van der Waals surface area contributed by atoms with Gasteiger partial charge >= 0.3 is 0 Å². The summed E-state index contributed by atoms with van der Waals surface area (Å²) in [6, 6.07) is 11.2. The fourth-order valence-corrected chi connectivity index (χ4v) is 2.19. The molecule has 2 N–H and O–H groups in total. The standard InChI is InChI=1S/C16H18F2N2/c1-2-9-20(16-6-4-3-5-15(16)19)11-12-7-8-13(17)10-14(12)18/h3-8,10H,2,9,11,19H2,1H3. The molecule has 0 saturated heterocycles. The zero-order valence-electron chi connectivity index (χ0n) is 11.4. The van der Waals surface area contributed by atoms with Gasteiger partial charge in [-0.1, -0.05) is 25.1 Å². The lowest BCUT2D eigenvalue weighted by atomic mass is 10.1. The van der Waals surface area contributed by atoms with E-state index in [1.165, 1.54) is 12.1 Å². The molecular formula is C16H18F2N2. The van der Waals surface area contributed by atoms with Crippen LogP contribution in [0.2, 0.25) is 0 Å². The van der Waals surface area contributed by atoms with E-state index in [1.807, 2.05) is 36.1 Å². The highest BCUT2D eigenvalue weighted by atomic mass is 19.1. The van der Waals surface area contributed by atoms with Gasteiger partial charge in [-0.2, -0.15) is 0 Å². The normalized spacial score (nSPS) is 10.6. The smallest absolute Gasteiger partial charge is 0.131 e. The molecule has 0 radical (unpaired) electrons. The molecule has 0 spiro atoms. The molecule has 0 atom stereocenters. The summed E-state index contributed by atoms with van der Waals surface area (Å²) in [4.78, 5) is 2.01. The van der Waals surface area contributed by atoms with Crippen molar-refractivity contribution in [3.8, 4) is 0 Å². The topological polar surface area (TPSA) is 29.3 Å². The Balaban J connectivity index is 2.28. The van der Waals surface area contributed by atoms with Crippen LogP contribution in [-0.4, -0.2) is 6.54 Å². The van der Waals surface area contributed by atoms with Crippen LogP contribution in [0.15, 0.2) is 42.5 Å². The van der Waals surface area contributed by atoms with Crippen molar-refractivity contribution in [3.63, 3.8) is 0 Å². The molecule has 0 aliphatic carbocycles. The fourth-order valence-electron chi connectivity index (χ4n) is 2.19. The zero-order chi connectivity index (χ0) is 14.5. The Bertz CT molecular complexity index is 584. The van der Waals surface area contributed by atoms with Gasteiger partial charge in [0.15, 0.2) is 0 Å². The van der Waals surface area contributed by atoms with Crippen LogP contribution in [0, 0.1) is 11.6 Å². The van der Waals surface area contributed by atoms with Gasteiger partial charge in [0.1, 0.15) is 11.6 Å². The third-order valence-corrected chi connectivity index (χ3v) is 3.15. The van der Waals surface area contributed by atoms with E-state index in [4.69, 9.17) is 5.73 Å². The molecule has 20 heavy (non-hydrogen) atoms. The number of hydrogen-bond donors (Lipinski definition) is 1. The van der Waals surface area contributed by atoms with E-state index in [9.17, 15) is 8.78 Å². The van der Waals surface area contributed by atoms with Crippen LogP contribution in [0.4, 0.5) is 20.2 Å². The van der Waals surface area contributed by atoms with Crippen molar-refractivity contribution in [1.82, 2.24) is 0 Å². The van der Waals surface area contributed by atoms with E-state index in [2.05, 4.69) is 0 Å². The van der Waals surface area contributed by atoms with Gasteiger partial charge in [0.05, 0.1) is 11.4 Å². The van der Waals surface area contributed by atoms with Crippen molar-refractivity contribution in [2.45, 2.75) is 19.9 Å². The third-order valence-electron chi connectivity index (χ3n) is 3.15. The quantitative estimate of drug-likeness (QED) is 0.837. The molecule has 2 aromatic carbocycles. The maximum Gasteiger partial charge on any atom is 0.131 e. The number of nitrogens with two attached hydrogens (primary N) is 1. The van der Waals surface area contributed by atoms with Gasteiger partial charge in [0, 0.05) is 24.7 Å². The van der Waals surface area contributed by atoms with Crippen LogP contribution in [0.5, 0.6) is 0 Å². The molecule has 0 unspecified atom stereocenters. The van der Waals surface area contributed by atoms with Crippen molar-refractivity contribution < 1.29 is 8.78 Å². The molecule has 2 rings (SSSR count). The van der Waals surface area contributed by atoms with Gasteiger partial charge in [-0.3, -0.25) is 0 Å². The average Bonchev–Trinajstić information content (AvgIpc) is 2.42. The van der Waals surface area contributed by atoms with Crippen molar-refractivity contribution in [3.05, 3.63) is 59.7 Å². The molecule has 0 aliphatic rings. The predicted molar refractivity (Wildman–Crippen MR) is 78.6 cm³/mol. The summed E-state index contributed by atoms with van der Waals surface area (Å²) in [6.45, 7) is 3.17. The zero-order valence-corrected chi connectivity index (χ0v) is 11.4. The first-order valence-electron chi connectivity index (χ1n) is 6.65. The van der Waals surface area contributed by atoms with E-state index in [0.29, 0.717) is 17.8 Å². The highest BCUT2D eigenvalue weighted by Gasteiger charge is 2.12. The summed E-state index contributed by atoms with van der Waals surface area (Å²) >= 11 is 0. The number of anilines is 2. The van der Waals surface area contributed by atoms with Crippen LogP contribution in [-0.2, 0) is 6.54 Å². The molecule has 0 heterocycles. The highest BCUT2D eigenvalue weighted by Crippen LogP contribution is 2.25. The van der Waals surface area contributed by atoms with Crippen molar-refractivity contribution >= 4 is 11.4 Å². The van der Waals surface area contributed by atoms with E-state index in [0.717, 1.165) is 24.7 Å². The number of nitrogen functional groups attached to an aromatic ring is 1. The number of hydrogen-bond acceptors (Lipinski definition) is 2. The Morgan fingerprint density at radius 2 is 1.85 bits per heavy atom. The van der Waals surface area contributed by atoms with Gasteiger partial charge in [-0.15, -0.1) is 0 Å². The lowest BCUT2D eigenvalue weighted by Crippen LogP contribution is -2.25. The molecule has 2 aromatic rings. The van der Waals surface area contributed by atoms with Crippen LogP contribution < -0.4 is 10.6 Å².